The van der Waals surface area contributed by atoms with Crippen molar-refractivity contribution >= 4 is 6.08 Å². The van der Waals surface area contributed by atoms with E-state index in [1.807, 2.05) is 0 Å². The highest BCUT2D eigenvalue weighted by Crippen LogP contribution is 2.11. The third-order valence-electron chi connectivity index (χ3n) is 1.95. The molecular formula is C11H14O5. The quantitative estimate of drug-likeness (QED) is 0.777. The van der Waals surface area contributed by atoms with Crippen LogP contribution in [0.25, 0.3) is 6.08 Å². The molecule has 0 spiro atoms. The Morgan fingerprint density at radius 2 is 2.12 bits per heavy atom. The molecule has 1 aromatic heterocycles. The number of methoxy groups -OCH3 is 1. The molecule has 0 aliphatic carbocycles. The normalized spacial score (nSPS) is 15.0. The van der Waals surface area contributed by atoms with Gasteiger partial charge < -0.3 is 19.4 Å². The van der Waals surface area contributed by atoms with E-state index in [9.17, 15) is 9.90 Å². The first-order chi connectivity index (χ1) is 7.52. The monoisotopic (exact) mass is 226 g/mol. The summed E-state index contributed by atoms with van der Waals surface area (Å²) < 4.78 is 9.72. The molecule has 16 heavy (non-hydrogen) atoms. The van der Waals surface area contributed by atoms with Crippen molar-refractivity contribution in [1.29, 1.82) is 0 Å². The second-order valence-electron chi connectivity index (χ2n) is 3.31. The molecule has 0 aliphatic rings. The fourth-order valence-electron chi connectivity index (χ4n) is 1.03. The second kappa shape index (κ2) is 5.48. The maximum absolute atomic E-state index is 11.1. The molecule has 0 fully saturated rings. The predicted octanol–water partition coefficient (Wildman–Crippen LogP) is 0.403. The molecule has 0 aromatic carbocycles. The molecule has 88 valence electrons. The van der Waals surface area contributed by atoms with E-state index < -0.39 is 17.8 Å². The van der Waals surface area contributed by atoms with Crippen molar-refractivity contribution in [3.63, 3.8) is 0 Å². The van der Waals surface area contributed by atoms with E-state index in [4.69, 9.17) is 14.3 Å². The van der Waals surface area contributed by atoms with Crippen molar-refractivity contribution in [2.45, 2.75) is 19.1 Å². The minimum atomic E-state index is -1.00. The van der Waals surface area contributed by atoms with Gasteiger partial charge in [0, 0.05) is 6.07 Å². The molecule has 1 aromatic rings. The largest absolute Gasteiger partial charge is 0.496 e. The van der Waals surface area contributed by atoms with Crippen molar-refractivity contribution in [3.05, 3.63) is 34.4 Å². The van der Waals surface area contributed by atoms with Crippen molar-refractivity contribution in [2.75, 3.05) is 7.11 Å². The van der Waals surface area contributed by atoms with Crippen molar-refractivity contribution in [2.24, 2.45) is 0 Å². The smallest absolute Gasteiger partial charge is 0.339 e. The fraction of sp³-hybridized carbons (Fsp3) is 0.364. The Morgan fingerprint density at radius 3 is 2.69 bits per heavy atom. The van der Waals surface area contributed by atoms with E-state index in [1.54, 1.807) is 0 Å². The van der Waals surface area contributed by atoms with Crippen molar-refractivity contribution < 1.29 is 19.4 Å². The van der Waals surface area contributed by atoms with E-state index >= 15 is 0 Å². The lowest BCUT2D eigenvalue weighted by Gasteiger charge is -2.07. The van der Waals surface area contributed by atoms with Gasteiger partial charge in [0.25, 0.3) is 0 Å². The first kappa shape index (κ1) is 12.5. The van der Waals surface area contributed by atoms with E-state index in [2.05, 4.69) is 0 Å². The Morgan fingerprint density at radius 1 is 1.44 bits per heavy atom. The standard InChI is InChI=1S/C11H14O5/c1-7(12)10(13)4-3-8-5-9(15-2)6-11(14)16-8/h3-7,10,12-13H,1-2H3/b4-3+/t7-,10-/m1/s1. The molecule has 2 N–H and O–H groups in total. The van der Waals surface area contributed by atoms with Gasteiger partial charge in [0.15, 0.2) is 0 Å². The predicted molar refractivity (Wildman–Crippen MR) is 58.3 cm³/mol. The highest BCUT2D eigenvalue weighted by Gasteiger charge is 2.06. The van der Waals surface area contributed by atoms with Crippen LogP contribution in [-0.4, -0.2) is 29.5 Å². The van der Waals surface area contributed by atoms with Crippen molar-refractivity contribution in [1.82, 2.24) is 0 Å². The maximum Gasteiger partial charge on any atom is 0.339 e. The number of aliphatic hydroxyl groups is 2. The van der Waals surface area contributed by atoms with Crippen LogP contribution < -0.4 is 10.4 Å². The molecular weight excluding hydrogens is 212 g/mol. The van der Waals surface area contributed by atoms with Gasteiger partial charge in [0.2, 0.25) is 0 Å². The lowest BCUT2D eigenvalue weighted by molar-refractivity contribution is 0.0623. The molecule has 1 rings (SSSR count). The molecule has 0 amide bonds. The summed E-state index contributed by atoms with van der Waals surface area (Å²) in [7, 11) is 1.44. The van der Waals surface area contributed by atoms with Gasteiger partial charge in [-0.3, -0.25) is 0 Å². The number of rotatable bonds is 4. The summed E-state index contributed by atoms with van der Waals surface area (Å²) in [6.45, 7) is 1.46. The Bertz CT molecular complexity index is 419. The Kier molecular flexibility index (Phi) is 4.28. The van der Waals surface area contributed by atoms with Gasteiger partial charge >= 0.3 is 5.63 Å². The van der Waals surface area contributed by atoms with E-state index in [1.165, 1.54) is 38.3 Å². The summed E-state index contributed by atoms with van der Waals surface area (Å²) in [5.74, 6) is 0.631. The molecule has 0 radical (unpaired) electrons. The average molecular weight is 226 g/mol. The van der Waals surface area contributed by atoms with E-state index in [0.717, 1.165) is 0 Å². The zero-order chi connectivity index (χ0) is 12.1. The van der Waals surface area contributed by atoms with Crippen LogP contribution in [0.5, 0.6) is 5.75 Å². The zero-order valence-corrected chi connectivity index (χ0v) is 9.08. The van der Waals surface area contributed by atoms with Crippen LogP contribution in [0.3, 0.4) is 0 Å². The lowest BCUT2D eigenvalue weighted by Crippen LogP contribution is -2.19. The van der Waals surface area contributed by atoms with Crippen molar-refractivity contribution in [3.8, 4) is 5.75 Å². The van der Waals surface area contributed by atoms with Crippen LogP contribution in [0.2, 0.25) is 0 Å². The third-order valence-corrected chi connectivity index (χ3v) is 1.95. The number of aliphatic hydroxyl groups excluding tert-OH is 2. The van der Waals surface area contributed by atoms with E-state index in [-0.39, 0.29) is 5.76 Å². The lowest BCUT2D eigenvalue weighted by atomic mass is 10.2. The van der Waals surface area contributed by atoms with Gasteiger partial charge in [-0.2, -0.15) is 0 Å². The number of hydrogen-bond acceptors (Lipinski definition) is 5. The highest BCUT2D eigenvalue weighted by molar-refractivity contribution is 5.45. The number of ether oxygens (including phenoxy) is 1. The van der Waals surface area contributed by atoms with Crippen LogP contribution in [0, 0.1) is 0 Å². The number of hydrogen-bond donors (Lipinski definition) is 2. The van der Waals surface area contributed by atoms with Crippen LogP contribution in [0.1, 0.15) is 12.7 Å². The first-order valence-electron chi connectivity index (χ1n) is 4.76. The van der Waals surface area contributed by atoms with Gasteiger partial charge in [-0.1, -0.05) is 0 Å². The Labute approximate surface area is 92.6 Å². The Hall–Kier alpha value is -1.59. The van der Waals surface area contributed by atoms with Gasteiger partial charge in [-0.15, -0.1) is 0 Å². The topological polar surface area (TPSA) is 79.9 Å². The maximum atomic E-state index is 11.1. The van der Waals surface area contributed by atoms with Crippen LogP contribution in [0.15, 0.2) is 27.4 Å². The van der Waals surface area contributed by atoms with Crippen LogP contribution in [-0.2, 0) is 0 Å². The summed E-state index contributed by atoms with van der Waals surface area (Å²) in [4.78, 5) is 11.1. The molecule has 0 saturated heterocycles. The molecule has 5 nitrogen and oxygen atoms in total. The van der Waals surface area contributed by atoms with Crippen LogP contribution >= 0.6 is 0 Å². The molecule has 5 heteroatoms. The summed E-state index contributed by atoms with van der Waals surface area (Å²) >= 11 is 0. The summed E-state index contributed by atoms with van der Waals surface area (Å²) in [6.07, 6.45) is 0.856. The minimum absolute atomic E-state index is 0.254. The summed E-state index contributed by atoms with van der Waals surface area (Å²) in [5.41, 5.74) is -0.537. The molecule has 0 aliphatic heterocycles. The SMILES string of the molecule is COc1cc(/C=C/[C@@H](O)[C@@H](C)O)oc(=O)c1. The zero-order valence-electron chi connectivity index (χ0n) is 9.08. The third kappa shape index (κ3) is 3.52. The molecule has 0 saturated carbocycles. The molecule has 2 atom stereocenters. The fourth-order valence-corrected chi connectivity index (χ4v) is 1.03. The van der Waals surface area contributed by atoms with Gasteiger partial charge in [-0.25, -0.2) is 4.79 Å². The molecule has 0 bridgehead atoms. The van der Waals surface area contributed by atoms with Gasteiger partial charge in [0.1, 0.15) is 11.5 Å². The molecule has 0 unspecified atom stereocenters. The Balaban J connectivity index is 2.89. The molecule has 1 heterocycles. The first-order valence-corrected chi connectivity index (χ1v) is 4.76. The second-order valence-corrected chi connectivity index (χ2v) is 3.31. The van der Waals surface area contributed by atoms with Gasteiger partial charge in [0.05, 0.1) is 25.4 Å². The minimum Gasteiger partial charge on any atom is -0.496 e. The van der Waals surface area contributed by atoms with Gasteiger partial charge in [-0.05, 0) is 19.1 Å². The summed E-state index contributed by atoms with van der Waals surface area (Å²) in [6, 6.07) is 2.72. The van der Waals surface area contributed by atoms with Crippen LogP contribution in [0.4, 0.5) is 0 Å². The van der Waals surface area contributed by atoms with E-state index in [0.29, 0.717) is 5.75 Å². The highest BCUT2D eigenvalue weighted by atomic mass is 16.5. The average Bonchev–Trinajstić information content (AvgIpc) is 2.24. The summed E-state index contributed by atoms with van der Waals surface area (Å²) in [5, 5.41) is 18.3.